The number of thiophene rings is 1. The quantitative estimate of drug-likeness (QED) is 0.646. The van der Waals surface area contributed by atoms with Crippen LogP contribution in [0.5, 0.6) is 0 Å². The first-order valence-corrected chi connectivity index (χ1v) is 9.38. The van der Waals surface area contributed by atoms with Crippen LogP contribution in [0.1, 0.15) is 28.8 Å². The molecular formula is C18H16N2OS2. The van der Waals surface area contributed by atoms with E-state index in [1.807, 2.05) is 29.2 Å². The Morgan fingerprint density at radius 3 is 3.00 bits per heavy atom. The van der Waals surface area contributed by atoms with Gasteiger partial charge in [0, 0.05) is 17.5 Å². The van der Waals surface area contributed by atoms with Crippen molar-refractivity contribution >= 4 is 44.9 Å². The van der Waals surface area contributed by atoms with Gasteiger partial charge in [-0.25, -0.2) is 4.98 Å². The second-order valence-electron chi connectivity index (χ2n) is 5.56. The number of amides is 1. The molecule has 0 radical (unpaired) electrons. The average Bonchev–Trinajstić information content (AvgIpc) is 3.31. The molecule has 1 aromatic carbocycles. The van der Waals surface area contributed by atoms with E-state index in [4.69, 9.17) is 0 Å². The van der Waals surface area contributed by atoms with Crippen LogP contribution < -0.4 is 0 Å². The number of rotatable bonds is 3. The van der Waals surface area contributed by atoms with E-state index in [2.05, 4.69) is 28.6 Å². The van der Waals surface area contributed by atoms with Gasteiger partial charge in [0.25, 0.3) is 0 Å². The number of carbonyl (C=O) groups is 1. The summed E-state index contributed by atoms with van der Waals surface area (Å²) >= 11 is 3.34. The van der Waals surface area contributed by atoms with Crippen molar-refractivity contribution in [1.29, 1.82) is 0 Å². The number of carbonyl (C=O) groups excluding carboxylic acids is 1. The van der Waals surface area contributed by atoms with Crippen molar-refractivity contribution in [3.8, 4) is 0 Å². The fourth-order valence-corrected chi connectivity index (χ4v) is 4.75. The number of likely N-dealkylation sites (tertiary alicyclic amines) is 1. The van der Waals surface area contributed by atoms with Gasteiger partial charge in [-0.3, -0.25) is 4.79 Å². The van der Waals surface area contributed by atoms with Gasteiger partial charge in [0.05, 0.1) is 16.3 Å². The molecule has 116 valence electrons. The predicted octanol–water partition coefficient (Wildman–Crippen LogP) is 4.73. The van der Waals surface area contributed by atoms with E-state index in [1.54, 1.807) is 28.7 Å². The second-order valence-corrected chi connectivity index (χ2v) is 7.60. The number of fused-ring (bicyclic) bond motifs is 1. The molecule has 3 aromatic rings. The van der Waals surface area contributed by atoms with Crippen LogP contribution in [0.3, 0.4) is 0 Å². The molecule has 0 saturated carbocycles. The van der Waals surface area contributed by atoms with Gasteiger partial charge in [-0.15, -0.1) is 22.7 Å². The fourth-order valence-electron chi connectivity index (χ4n) is 3.01. The van der Waals surface area contributed by atoms with Gasteiger partial charge in [0.1, 0.15) is 5.01 Å². The molecule has 0 aliphatic carbocycles. The summed E-state index contributed by atoms with van der Waals surface area (Å²) in [5, 5.41) is 2.96. The minimum Gasteiger partial charge on any atom is -0.331 e. The van der Waals surface area contributed by atoms with E-state index in [1.165, 1.54) is 4.88 Å². The van der Waals surface area contributed by atoms with Gasteiger partial charge in [0.2, 0.25) is 5.91 Å². The van der Waals surface area contributed by atoms with Gasteiger partial charge in [-0.1, -0.05) is 18.2 Å². The summed E-state index contributed by atoms with van der Waals surface area (Å²) in [5.74, 6) is 0.0835. The topological polar surface area (TPSA) is 33.2 Å². The molecule has 1 fully saturated rings. The highest BCUT2D eigenvalue weighted by Crippen LogP contribution is 2.34. The Bertz CT molecular complexity index is 818. The molecule has 0 bridgehead atoms. The predicted molar refractivity (Wildman–Crippen MR) is 96.7 cm³/mol. The minimum atomic E-state index is 0.0835. The highest BCUT2D eigenvalue weighted by molar-refractivity contribution is 7.19. The normalized spacial score (nSPS) is 18.3. The SMILES string of the molecule is O=C(/C=C/c1nc2ccccc2s1)N1CCC[C@H]1c1cccs1. The molecule has 1 atom stereocenters. The van der Waals surface area contributed by atoms with Crippen LogP contribution >= 0.6 is 22.7 Å². The van der Waals surface area contributed by atoms with Crippen molar-refractivity contribution < 1.29 is 4.79 Å². The first kappa shape index (κ1) is 14.6. The largest absolute Gasteiger partial charge is 0.331 e. The summed E-state index contributed by atoms with van der Waals surface area (Å²) in [6.07, 6.45) is 5.64. The molecule has 1 aliphatic rings. The van der Waals surface area contributed by atoms with Crippen LogP contribution in [0.25, 0.3) is 16.3 Å². The zero-order chi connectivity index (χ0) is 15.6. The lowest BCUT2D eigenvalue weighted by atomic mass is 10.2. The van der Waals surface area contributed by atoms with E-state index in [9.17, 15) is 4.79 Å². The minimum absolute atomic E-state index is 0.0835. The Hall–Kier alpha value is -1.98. The first-order valence-electron chi connectivity index (χ1n) is 7.69. The van der Waals surface area contributed by atoms with Gasteiger partial charge in [-0.05, 0) is 42.5 Å². The summed E-state index contributed by atoms with van der Waals surface area (Å²) in [7, 11) is 0. The number of hydrogen-bond acceptors (Lipinski definition) is 4. The zero-order valence-electron chi connectivity index (χ0n) is 12.5. The molecule has 2 aromatic heterocycles. The van der Waals surface area contributed by atoms with Crippen LogP contribution in [0.15, 0.2) is 47.9 Å². The van der Waals surface area contributed by atoms with Crippen LogP contribution in [0.2, 0.25) is 0 Å². The first-order chi connectivity index (χ1) is 11.3. The summed E-state index contributed by atoms with van der Waals surface area (Å²) in [4.78, 5) is 20.4. The van der Waals surface area contributed by atoms with Crippen molar-refractivity contribution in [1.82, 2.24) is 9.88 Å². The number of para-hydroxylation sites is 1. The third kappa shape index (κ3) is 2.94. The summed E-state index contributed by atoms with van der Waals surface area (Å²) < 4.78 is 1.15. The summed E-state index contributed by atoms with van der Waals surface area (Å²) in [6.45, 7) is 0.839. The number of hydrogen-bond donors (Lipinski definition) is 0. The molecule has 0 N–H and O–H groups in total. The van der Waals surface area contributed by atoms with Crippen molar-refractivity contribution in [3.05, 3.63) is 57.7 Å². The maximum atomic E-state index is 12.6. The number of aromatic nitrogens is 1. The van der Waals surface area contributed by atoms with E-state index in [0.29, 0.717) is 0 Å². The lowest BCUT2D eigenvalue weighted by Crippen LogP contribution is -2.28. The van der Waals surface area contributed by atoms with Gasteiger partial charge < -0.3 is 4.90 Å². The molecule has 0 spiro atoms. The van der Waals surface area contributed by atoms with Crippen LogP contribution in [-0.2, 0) is 4.79 Å². The zero-order valence-corrected chi connectivity index (χ0v) is 14.1. The van der Waals surface area contributed by atoms with E-state index >= 15 is 0 Å². The standard InChI is InChI=1S/C18H16N2OS2/c21-18(20-11-3-6-14(20)16-8-4-12-22-16)10-9-17-19-13-5-1-2-7-15(13)23-17/h1-2,4-5,7-10,12,14H,3,6,11H2/b10-9+/t14-/m0/s1. The Balaban J connectivity index is 1.52. The summed E-state index contributed by atoms with van der Waals surface area (Å²) in [5.41, 5.74) is 0.988. The Kier molecular flexibility index (Phi) is 3.97. The molecule has 1 aliphatic heterocycles. The maximum Gasteiger partial charge on any atom is 0.247 e. The lowest BCUT2D eigenvalue weighted by molar-refractivity contribution is -0.126. The number of benzene rings is 1. The van der Waals surface area contributed by atoms with Gasteiger partial charge >= 0.3 is 0 Å². The fraction of sp³-hybridized carbons (Fsp3) is 0.222. The highest BCUT2D eigenvalue weighted by atomic mass is 32.1. The van der Waals surface area contributed by atoms with E-state index in [0.717, 1.165) is 34.6 Å². The Morgan fingerprint density at radius 2 is 2.17 bits per heavy atom. The molecule has 3 heterocycles. The Morgan fingerprint density at radius 1 is 1.26 bits per heavy atom. The molecule has 1 saturated heterocycles. The average molecular weight is 340 g/mol. The van der Waals surface area contributed by atoms with Crippen molar-refractivity contribution in [2.24, 2.45) is 0 Å². The van der Waals surface area contributed by atoms with Crippen LogP contribution in [-0.4, -0.2) is 22.3 Å². The molecule has 5 heteroatoms. The molecular weight excluding hydrogens is 324 g/mol. The Labute approximate surface area is 142 Å². The van der Waals surface area contributed by atoms with Crippen molar-refractivity contribution in [2.75, 3.05) is 6.54 Å². The second kappa shape index (κ2) is 6.26. The van der Waals surface area contributed by atoms with Crippen LogP contribution in [0, 0.1) is 0 Å². The maximum absolute atomic E-state index is 12.6. The smallest absolute Gasteiger partial charge is 0.247 e. The number of nitrogens with zero attached hydrogens (tertiary/aromatic N) is 2. The van der Waals surface area contributed by atoms with Crippen LogP contribution in [0.4, 0.5) is 0 Å². The molecule has 0 unspecified atom stereocenters. The van der Waals surface area contributed by atoms with E-state index in [-0.39, 0.29) is 11.9 Å². The van der Waals surface area contributed by atoms with Gasteiger partial charge in [-0.2, -0.15) is 0 Å². The molecule has 4 rings (SSSR count). The number of thiazole rings is 1. The monoisotopic (exact) mass is 340 g/mol. The van der Waals surface area contributed by atoms with Crippen molar-refractivity contribution in [2.45, 2.75) is 18.9 Å². The van der Waals surface area contributed by atoms with E-state index < -0.39 is 0 Å². The third-order valence-corrected chi connectivity index (χ3v) is 6.06. The third-order valence-electron chi connectivity index (χ3n) is 4.09. The molecule has 3 nitrogen and oxygen atoms in total. The summed E-state index contributed by atoms with van der Waals surface area (Å²) in [6, 6.07) is 12.5. The molecule has 1 amide bonds. The lowest BCUT2D eigenvalue weighted by Gasteiger charge is -2.22. The van der Waals surface area contributed by atoms with Crippen molar-refractivity contribution in [3.63, 3.8) is 0 Å². The molecule has 23 heavy (non-hydrogen) atoms. The van der Waals surface area contributed by atoms with Gasteiger partial charge in [0.15, 0.2) is 0 Å². The highest BCUT2D eigenvalue weighted by Gasteiger charge is 2.29.